The van der Waals surface area contributed by atoms with Crippen molar-refractivity contribution < 1.29 is 9.84 Å². The van der Waals surface area contributed by atoms with Crippen LogP contribution >= 0.6 is 11.8 Å². The summed E-state index contributed by atoms with van der Waals surface area (Å²) in [6.45, 7) is 1.96. The normalized spacial score (nSPS) is 12.3. The standard InChI is InChI=1S/C25H22N4O3S/c1-16-12-13-22(32-2)20(14-16)28-23(31)18-10-6-7-11-19(18)29-24(28)26-27-25(29)33-15-21(30)17-8-4-3-5-9-17/h3-14,21,30H,15H2,1-2H3/t21-/m0/s1. The van der Waals surface area contributed by atoms with E-state index in [1.54, 1.807) is 17.7 Å². The lowest BCUT2D eigenvalue weighted by atomic mass is 10.1. The zero-order valence-corrected chi connectivity index (χ0v) is 19.0. The molecule has 8 heteroatoms. The van der Waals surface area contributed by atoms with Gasteiger partial charge in [-0.3, -0.25) is 9.20 Å². The molecule has 0 aliphatic carbocycles. The fourth-order valence-corrected chi connectivity index (χ4v) is 4.80. The van der Waals surface area contributed by atoms with Gasteiger partial charge in [0, 0.05) is 5.75 Å². The highest BCUT2D eigenvalue weighted by Gasteiger charge is 2.21. The molecular weight excluding hydrogens is 436 g/mol. The number of fused-ring (bicyclic) bond motifs is 3. The molecule has 0 saturated carbocycles. The molecule has 5 rings (SSSR count). The Labute approximate surface area is 194 Å². The van der Waals surface area contributed by atoms with Gasteiger partial charge in [0.05, 0.1) is 29.8 Å². The third kappa shape index (κ3) is 3.77. The van der Waals surface area contributed by atoms with Gasteiger partial charge in [-0.2, -0.15) is 0 Å². The number of methoxy groups -OCH3 is 1. The fourth-order valence-electron chi connectivity index (χ4n) is 3.89. The van der Waals surface area contributed by atoms with Gasteiger partial charge in [0.25, 0.3) is 5.56 Å². The Hall–Kier alpha value is -3.62. The first-order valence-corrected chi connectivity index (χ1v) is 11.5. The van der Waals surface area contributed by atoms with Crippen molar-refractivity contribution >= 4 is 28.4 Å². The Morgan fingerprint density at radius 1 is 1.03 bits per heavy atom. The van der Waals surface area contributed by atoms with E-state index in [0.717, 1.165) is 11.1 Å². The second-order valence-corrected chi connectivity index (χ2v) is 8.68. The van der Waals surface area contributed by atoms with Crippen molar-refractivity contribution in [1.82, 2.24) is 19.2 Å². The summed E-state index contributed by atoms with van der Waals surface area (Å²) < 4.78 is 8.95. The van der Waals surface area contributed by atoms with Gasteiger partial charge in [0.1, 0.15) is 5.75 Å². The first-order chi connectivity index (χ1) is 16.1. The maximum absolute atomic E-state index is 13.6. The molecule has 1 atom stereocenters. The summed E-state index contributed by atoms with van der Waals surface area (Å²) >= 11 is 1.39. The molecule has 0 unspecified atom stereocenters. The third-order valence-corrected chi connectivity index (χ3v) is 6.53. The lowest BCUT2D eigenvalue weighted by Gasteiger charge is -2.15. The number of nitrogens with zero attached hydrogens (tertiary/aromatic N) is 4. The number of thioether (sulfide) groups is 1. The largest absolute Gasteiger partial charge is 0.495 e. The minimum absolute atomic E-state index is 0.199. The van der Waals surface area contributed by atoms with Gasteiger partial charge in [-0.25, -0.2) is 4.57 Å². The number of hydrogen-bond donors (Lipinski definition) is 1. The van der Waals surface area contributed by atoms with Crippen LogP contribution in [0.3, 0.4) is 0 Å². The number of hydrogen-bond acceptors (Lipinski definition) is 6. The van der Waals surface area contributed by atoms with E-state index in [1.165, 1.54) is 11.8 Å². The lowest BCUT2D eigenvalue weighted by molar-refractivity contribution is 0.204. The first-order valence-electron chi connectivity index (χ1n) is 10.5. The number of aryl methyl sites for hydroxylation is 1. The molecule has 7 nitrogen and oxygen atoms in total. The molecule has 0 aliphatic heterocycles. The Morgan fingerprint density at radius 3 is 2.58 bits per heavy atom. The summed E-state index contributed by atoms with van der Waals surface area (Å²) in [4.78, 5) is 13.6. The van der Waals surface area contributed by atoms with Crippen LogP contribution in [-0.2, 0) is 0 Å². The number of rotatable bonds is 6. The molecule has 0 fully saturated rings. The molecule has 0 spiro atoms. The quantitative estimate of drug-likeness (QED) is 0.385. The third-order valence-electron chi connectivity index (χ3n) is 5.52. The van der Waals surface area contributed by atoms with Gasteiger partial charge in [-0.05, 0) is 42.3 Å². The number of ether oxygens (including phenoxy) is 1. The van der Waals surface area contributed by atoms with Gasteiger partial charge in [0.2, 0.25) is 5.78 Å². The van der Waals surface area contributed by atoms with Crippen LogP contribution in [0.5, 0.6) is 5.75 Å². The van der Waals surface area contributed by atoms with E-state index in [9.17, 15) is 9.90 Å². The fraction of sp³-hybridized carbons (Fsp3) is 0.160. The second kappa shape index (κ2) is 8.73. The van der Waals surface area contributed by atoms with Crippen LogP contribution in [0, 0.1) is 6.92 Å². The van der Waals surface area contributed by atoms with Gasteiger partial charge in [-0.15, -0.1) is 10.2 Å². The first kappa shape index (κ1) is 21.2. The van der Waals surface area contributed by atoms with Crippen molar-refractivity contribution in [3.8, 4) is 11.4 Å². The lowest BCUT2D eigenvalue weighted by Crippen LogP contribution is -2.22. The summed E-state index contributed by atoms with van der Waals surface area (Å²) in [7, 11) is 1.58. The van der Waals surface area contributed by atoms with E-state index < -0.39 is 6.10 Å². The average molecular weight is 459 g/mol. The summed E-state index contributed by atoms with van der Waals surface area (Å²) in [5.74, 6) is 1.35. The van der Waals surface area contributed by atoms with Crippen molar-refractivity contribution in [2.75, 3.05) is 12.9 Å². The molecule has 2 heterocycles. The molecule has 0 bridgehead atoms. The Balaban J connectivity index is 1.69. The van der Waals surface area contributed by atoms with E-state index in [-0.39, 0.29) is 5.56 Å². The van der Waals surface area contributed by atoms with Crippen molar-refractivity contribution in [3.63, 3.8) is 0 Å². The molecule has 0 saturated heterocycles. The topological polar surface area (TPSA) is 81.7 Å². The number of aliphatic hydroxyl groups excluding tert-OH is 1. The minimum atomic E-state index is -0.655. The Bertz CT molecular complexity index is 1510. The highest BCUT2D eigenvalue weighted by atomic mass is 32.2. The van der Waals surface area contributed by atoms with Gasteiger partial charge >= 0.3 is 0 Å². The summed E-state index contributed by atoms with van der Waals surface area (Å²) in [5, 5.41) is 20.5. The molecule has 5 aromatic rings. The molecule has 3 aromatic carbocycles. The highest BCUT2D eigenvalue weighted by Crippen LogP contribution is 2.29. The van der Waals surface area contributed by atoms with Crippen molar-refractivity contribution in [2.45, 2.75) is 18.2 Å². The zero-order chi connectivity index (χ0) is 22.9. The monoisotopic (exact) mass is 458 g/mol. The maximum Gasteiger partial charge on any atom is 0.267 e. The highest BCUT2D eigenvalue weighted by molar-refractivity contribution is 7.99. The van der Waals surface area contributed by atoms with E-state index in [2.05, 4.69) is 10.2 Å². The number of para-hydroxylation sites is 1. The van der Waals surface area contributed by atoms with Crippen LogP contribution in [0.15, 0.2) is 82.7 Å². The Morgan fingerprint density at radius 2 is 1.79 bits per heavy atom. The SMILES string of the molecule is COc1ccc(C)cc1-n1c(=O)c2ccccc2n2c(SC[C@H](O)c3ccccc3)nnc12. The number of benzene rings is 3. The van der Waals surface area contributed by atoms with Crippen LogP contribution in [-0.4, -0.2) is 37.1 Å². The summed E-state index contributed by atoms with van der Waals surface area (Å²) in [6.07, 6.45) is -0.655. The predicted octanol–water partition coefficient (Wildman–Crippen LogP) is 4.18. The molecule has 0 aliphatic rings. The molecule has 0 radical (unpaired) electrons. The van der Waals surface area contributed by atoms with Crippen LogP contribution < -0.4 is 10.3 Å². The van der Waals surface area contributed by atoms with Gasteiger partial charge in [0.15, 0.2) is 5.16 Å². The molecule has 166 valence electrons. The van der Waals surface area contributed by atoms with Gasteiger partial charge < -0.3 is 9.84 Å². The second-order valence-electron chi connectivity index (χ2n) is 7.69. The zero-order valence-electron chi connectivity index (χ0n) is 18.2. The number of aliphatic hydroxyl groups is 1. The van der Waals surface area contributed by atoms with E-state index in [4.69, 9.17) is 4.74 Å². The van der Waals surface area contributed by atoms with Crippen molar-refractivity contribution in [1.29, 1.82) is 0 Å². The number of aromatic nitrogens is 4. The maximum atomic E-state index is 13.6. The molecule has 2 aromatic heterocycles. The van der Waals surface area contributed by atoms with Crippen LogP contribution in [0.25, 0.3) is 22.4 Å². The molecule has 1 N–H and O–H groups in total. The van der Waals surface area contributed by atoms with Gasteiger partial charge in [-0.1, -0.05) is 60.3 Å². The predicted molar refractivity (Wildman–Crippen MR) is 130 cm³/mol. The summed E-state index contributed by atoms with van der Waals surface area (Å²) in [5.41, 5.74) is 2.94. The molecule has 33 heavy (non-hydrogen) atoms. The van der Waals surface area contributed by atoms with Crippen molar-refractivity contribution in [2.24, 2.45) is 0 Å². The van der Waals surface area contributed by atoms with Crippen molar-refractivity contribution in [3.05, 3.63) is 94.3 Å². The van der Waals surface area contributed by atoms with E-state index in [0.29, 0.717) is 39.0 Å². The average Bonchev–Trinajstić information content (AvgIpc) is 3.27. The van der Waals surface area contributed by atoms with Crippen LogP contribution in [0.2, 0.25) is 0 Å². The van der Waals surface area contributed by atoms with E-state index >= 15 is 0 Å². The minimum Gasteiger partial charge on any atom is -0.495 e. The molecular formula is C25H22N4O3S. The molecule has 0 amide bonds. The van der Waals surface area contributed by atoms with E-state index in [1.807, 2.05) is 78.1 Å². The smallest absolute Gasteiger partial charge is 0.267 e. The Kier molecular flexibility index (Phi) is 5.62. The summed E-state index contributed by atoms with van der Waals surface area (Å²) in [6, 6.07) is 22.6. The van der Waals surface area contributed by atoms with Crippen LogP contribution in [0.1, 0.15) is 17.2 Å². The van der Waals surface area contributed by atoms with Crippen LogP contribution in [0.4, 0.5) is 0 Å².